The minimum atomic E-state index is -0.0939. The Hall–Kier alpha value is -1.29. The van der Waals surface area contributed by atoms with Gasteiger partial charge in [0.1, 0.15) is 0 Å². The molecule has 0 radical (unpaired) electrons. The summed E-state index contributed by atoms with van der Waals surface area (Å²) in [6.07, 6.45) is 3.40. The molecule has 0 atom stereocenters. The van der Waals surface area contributed by atoms with E-state index in [1.807, 2.05) is 24.3 Å². The Morgan fingerprint density at radius 2 is 2.27 bits per heavy atom. The number of halogens is 1. The van der Waals surface area contributed by atoms with Gasteiger partial charge in [-0.3, -0.25) is 4.79 Å². The monoisotopic (exact) mass is 269 g/mol. The molecule has 0 fully saturated rings. The molecule has 1 N–H and O–H groups in total. The number of anilines is 1. The maximum atomic E-state index is 10.9. The fraction of sp³-hybridized carbons (Fsp3) is 0.182. The molecule has 0 aromatic heterocycles. The fourth-order valence-electron chi connectivity index (χ4n) is 1.11. The summed E-state index contributed by atoms with van der Waals surface area (Å²) in [6, 6.07) is 5.62. The van der Waals surface area contributed by atoms with E-state index < -0.39 is 0 Å². The van der Waals surface area contributed by atoms with Crippen LogP contribution in [0.4, 0.5) is 5.69 Å². The van der Waals surface area contributed by atoms with Crippen LogP contribution >= 0.6 is 15.9 Å². The zero-order chi connectivity index (χ0) is 11.3. The van der Waals surface area contributed by atoms with Gasteiger partial charge in [-0.1, -0.05) is 12.1 Å². The summed E-state index contributed by atoms with van der Waals surface area (Å²) in [6.45, 7) is 1.48. The molecular weight excluding hydrogens is 258 g/mol. The summed E-state index contributed by atoms with van der Waals surface area (Å²) in [5.41, 5.74) is 1.70. The van der Waals surface area contributed by atoms with Gasteiger partial charge in [-0.2, -0.15) is 0 Å². The number of hydrogen-bond acceptors (Lipinski definition) is 2. The third-order valence-corrected chi connectivity index (χ3v) is 2.61. The van der Waals surface area contributed by atoms with Crippen molar-refractivity contribution in [2.45, 2.75) is 6.92 Å². The van der Waals surface area contributed by atoms with Crippen LogP contribution in [0.3, 0.4) is 0 Å². The number of rotatable bonds is 3. The second kappa shape index (κ2) is 5.56. The van der Waals surface area contributed by atoms with E-state index in [1.165, 1.54) is 6.92 Å². The second-order valence-electron chi connectivity index (χ2n) is 2.93. The quantitative estimate of drug-likeness (QED) is 0.857. The molecule has 0 heterocycles. The lowest BCUT2D eigenvalue weighted by Crippen LogP contribution is -2.06. The van der Waals surface area contributed by atoms with Crippen LogP contribution in [0, 0.1) is 0 Å². The van der Waals surface area contributed by atoms with E-state index in [2.05, 4.69) is 21.2 Å². The van der Waals surface area contributed by atoms with Crippen molar-refractivity contribution >= 4 is 33.6 Å². The number of carbonyl (C=O) groups is 1. The fourth-order valence-corrected chi connectivity index (χ4v) is 1.60. The first-order valence-electron chi connectivity index (χ1n) is 4.40. The standard InChI is InChI=1S/C11H12BrNO2/c1-8(14)13-10-5-3-4-9(11(10)12)6-7-15-2/h3-7H,1-2H3,(H,13,14)/b7-6+. The van der Waals surface area contributed by atoms with Crippen molar-refractivity contribution in [3.05, 3.63) is 34.5 Å². The van der Waals surface area contributed by atoms with E-state index in [1.54, 1.807) is 13.4 Å². The summed E-state index contributed by atoms with van der Waals surface area (Å²) in [5.74, 6) is -0.0939. The van der Waals surface area contributed by atoms with E-state index in [0.29, 0.717) is 0 Å². The Labute approximate surface area is 97.3 Å². The molecule has 15 heavy (non-hydrogen) atoms. The van der Waals surface area contributed by atoms with Crippen molar-refractivity contribution in [3.8, 4) is 0 Å². The van der Waals surface area contributed by atoms with Gasteiger partial charge in [-0.05, 0) is 33.6 Å². The van der Waals surface area contributed by atoms with Crippen molar-refractivity contribution in [3.63, 3.8) is 0 Å². The molecule has 1 rings (SSSR count). The molecule has 0 aliphatic heterocycles. The third kappa shape index (κ3) is 3.40. The number of benzene rings is 1. The highest BCUT2D eigenvalue weighted by Crippen LogP contribution is 2.27. The maximum Gasteiger partial charge on any atom is 0.221 e. The van der Waals surface area contributed by atoms with Crippen molar-refractivity contribution in [1.82, 2.24) is 0 Å². The zero-order valence-corrected chi connectivity index (χ0v) is 10.2. The van der Waals surface area contributed by atoms with Gasteiger partial charge in [0, 0.05) is 11.4 Å². The molecule has 0 aliphatic carbocycles. The summed E-state index contributed by atoms with van der Waals surface area (Å²) < 4.78 is 5.67. The van der Waals surface area contributed by atoms with E-state index >= 15 is 0 Å². The van der Waals surface area contributed by atoms with Crippen LogP contribution in [0.5, 0.6) is 0 Å². The highest BCUT2D eigenvalue weighted by molar-refractivity contribution is 9.10. The predicted molar refractivity (Wildman–Crippen MR) is 64.5 cm³/mol. The molecule has 1 aromatic rings. The van der Waals surface area contributed by atoms with Gasteiger partial charge in [-0.15, -0.1) is 0 Å². The van der Waals surface area contributed by atoms with Gasteiger partial charge in [0.15, 0.2) is 0 Å². The molecule has 4 heteroatoms. The largest absolute Gasteiger partial charge is 0.504 e. The average molecular weight is 270 g/mol. The third-order valence-electron chi connectivity index (χ3n) is 1.72. The van der Waals surface area contributed by atoms with E-state index in [-0.39, 0.29) is 5.91 Å². The number of carbonyl (C=O) groups excluding carboxylic acids is 1. The summed E-state index contributed by atoms with van der Waals surface area (Å²) in [4.78, 5) is 10.9. The number of hydrogen-bond donors (Lipinski definition) is 1. The van der Waals surface area contributed by atoms with E-state index in [0.717, 1.165) is 15.7 Å². The SMILES string of the molecule is CO/C=C/c1cccc(NC(C)=O)c1Br. The Bertz CT molecular complexity index is 388. The molecule has 0 saturated heterocycles. The molecule has 1 aromatic carbocycles. The summed E-state index contributed by atoms with van der Waals surface area (Å²) in [7, 11) is 1.59. The maximum absolute atomic E-state index is 10.9. The topological polar surface area (TPSA) is 38.3 Å². The van der Waals surface area contributed by atoms with Crippen molar-refractivity contribution < 1.29 is 9.53 Å². The Morgan fingerprint density at radius 1 is 1.53 bits per heavy atom. The van der Waals surface area contributed by atoms with Crippen LogP contribution in [0.25, 0.3) is 6.08 Å². The molecule has 0 unspecified atom stereocenters. The highest BCUT2D eigenvalue weighted by atomic mass is 79.9. The molecule has 0 spiro atoms. The minimum absolute atomic E-state index is 0.0939. The summed E-state index contributed by atoms with van der Waals surface area (Å²) >= 11 is 3.42. The first-order valence-corrected chi connectivity index (χ1v) is 5.20. The van der Waals surface area contributed by atoms with Crippen LogP contribution in [0.15, 0.2) is 28.9 Å². The Morgan fingerprint density at radius 3 is 2.87 bits per heavy atom. The van der Waals surface area contributed by atoms with Gasteiger partial charge in [0.05, 0.1) is 19.1 Å². The Balaban J connectivity index is 3.00. The zero-order valence-electron chi connectivity index (χ0n) is 8.58. The molecule has 0 bridgehead atoms. The number of methoxy groups -OCH3 is 1. The summed E-state index contributed by atoms with van der Waals surface area (Å²) in [5, 5.41) is 2.73. The molecule has 80 valence electrons. The number of nitrogens with one attached hydrogen (secondary N) is 1. The van der Waals surface area contributed by atoms with Crippen molar-refractivity contribution in [2.24, 2.45) is 0 Å². The molecule has 0 aliphatic rings. The highest BCUT2D eigenvalue weighted by Gasteiger charge is 2.04. The minimum Gasteiger partial charge on any atom is -0.504 e. The Kier molecular flexibility index (Phi) is 4.37. The lowest BCUT2D eigenvalue weighted by molar-refractivity contribution is -0.114. The first-order chi connectivity index (χ1) is 7.15. The molecule has 1 amide bonds. The normalized spacial score (nSPS) is 10.3. The number of amides is 1. The van der Waals surface area contributed by atoms with Crippen LogP contribution in [-0.2, 0) is 9.53 Å². The van der Waals surface area contributed by atoms with Gasteiger partial charge < -0.3 is 10.1 Å². The molecular formula is C11H12BrNO2. The predicted octanol–water partition coefficient (Wildman–Crippen LogP) is 3.02. The molecule has 3 nitrogen and oxygen atoms in total. The smallest absolute Gasteiger partial charge is 0.221 e. The van der Waals surface area contributed by atoms with Gasteiger partial charge in [0.2, 0.25) is 5.91 Å². The van der Waals surface area contributed by atoms with Crippen molar-refractivity contribution in [1.29, 1.82) is 0 Å². The van der Waals surface area contributed by atoms with Crippen LogP contribution < -0.4 is 5.32 Å². The lowest BCUT2D eigenvalue weighted by atomic mass is 10.2. The van der Waals surface area contributed by atoms with Gasteiger partial charge in [0.25, 0.3) is 0 Å². The van der Waals surface area contributed by atoms with Gasteiger partial charge in [-0.25, -0.2) is 0 Å². The van der Waals surface area contributed by atoms with Crippen LogP contribution in [-0.4, -0.2) is 13.0 Å². The first kappa shape index (κ1) is 11.8. The van der Waals surface area contributed by atoms with E-state index in [9.17, 15) is 4.79 Å². The average Bonchev–Trinajstić information content (AvgIpc) is 2.19. The van der Waals surface area contributed by atoms with Crippen LogP contribution in [0.2, 0.25) is 0 Å². The van der Waals surface area contributed by atoms with Gasteiger partial charge >= 0.3 is 0 Å². The van der Waals surface area contributed by atoms with Crippen LogP contribution in [0.1, 0.15) is 12.5 Å². The van der Waals surface area contributed by atoms with E-state index in [4.69, 9.17) is 4.74 Å². The number of ether oxygens (including phenoxy) is 1. The van der Waals surface area contributed by atoms with Crippen molar-refractivity contribution in [2.75, 3.05) is 12.4 Å². The lowest BCUT2D eigenvalue weighted by Gasteiger charge is -2.07. The second-order valence-corrected chi connectivity index (χ2v) is 3.72. The molecule has 0 saturated carbocycles.